The predicted molar refractivity (Wildman–Crippen MR) is 66.9 cm³/mol. The largest absolute Gasteiger partial charge is 0.327 e. The summed E-state index contributed by atoms with van der Waals surface area (Å²) in [5.74, 6) is 0.618. The minimum Gasteiger partial charge on any atom is -0.327 e. The van der Waals surface area contributed by atoms with Gasteiger partial charge in [-0.25, -0.2) is 0 Å². The van der Waals surface area contributed by atoms with Gasteiger partial charge in [0.2, 0.25) is 0 Å². The fraction of sp³-hybridized carbons (Fsp3) is 1.00. The van der Waals surface area contributed by atoms with Crippen LogP contribution in [0, 0.1) is 5.92 Å². The molecule has 0 aromatic heterocycles. The van der Waals surface area contributed by atoms with E-state index in [1.165, 1.54) is 38.8 Å². The van der Waals surface area contributed by atoms with E-state index in [9.17, 15) is 0 Å². The third kappa shape index (κ3) is 4.52. The Kier molecular flexibility index (Phi) is 5.62. The lowest BCUT2D eigenvalue weighted by Gasteiger charge is -2.28. The molecule has 2 unspecified atom stereocenters. The second kappa shape index (κ2) is 6.49. The van der Waals surface area contributed by atoms with Crippen LogP contribution in [0.1, 0.15) is 52.9 Å². The van der Waals surface area contributed by atoms with Gasteiger partial charge in [0.05, 0.1) is 0 Å². The maximum absolute atomic E-state index is 6.09. The van der Waals surface area contributed by atoms with Crippen LogP contribution in [-0.2, 0) is 0 Å². The van der Waals surface area contributed by atoms with Gasteiger partial charge in [-0.15, -0.1) is 0 Å². The van der Waals surface area contributed by atoms with Crippen molar-refractivity contribution in [1.29, 1.82) is 0 Å². The molecule has 2 heteroatoms. The number of likely N-dealkylation sites (tertiary alicyclic amines) is 1. The van der Waals surface area contributed by atoms with E-state index >= 15 is 0 Å². The van der Waals surface area contributed by atoms with Crippen molar-refractivity contribution in [2.45, 2.75) is 65.0 Å². The molecule has 1 fully saturated rings. The monoisotopic (exact) mass is 212 g/mol. The summed E-state index contributed by atoms with van der Waals surface area (Å²) < 4.78 is 0. The van der Waals surface area contributed by atoms with Crippen molar-refractivity contribution < 1.29 is 0 Å². The topological polar surface area (TPSA) is 29.3 Å². The zero-order valence-corrected chi connectivity index (χ0v) is 10.7. The van der Waals surface area contributed by atoms with E-state index in [2.05, 4.69) is 25.7 Å². The van der Waals surface area contributed by atoms with Gasteiger partial charge in [0, 0.05) is 12.1 Å². The summed E-state index contributed by atoms with van der Waals surface area (Å²) >= 11 is 0. The first-order valence-electron chi connectivity index (χ1n) is 6.61. The summed E-state index contributed by atoms with van der Waals surface area (Å²) in [6.07, 6.45) is 6.73. The Hall–Kier alpha value is -0.0800. The molecule has 0 aliphatic carbocycles. The van der Waals surface area contributed by atoms with Crippen molar-refractivity contribution in [3.05, 3.63) is 0 Å². The minimum absolute atomic E-state index is 0.375. The summed E-state index contributed by atoms with van der Waals surface area (Å²) in [5.41, 5.74) is 6.09. The molecule has 2 N–H and O–H groups in total. The SMILES string of the molecule is CC(C)C(N)CCN1CCCCCC1C. The average molecular weight is 212 g/mol. The van der Waals surface area contributed by atoms with Crippen LogP contribution >= 0.6 is 0 Å². The van der Waals surface area contributed by atoms with Crippen LogP contribution in [0.25, 0.3) is 0 Å². The van der Waals surface area contributed by atoms with E-state index in [-0.39, 0.29) is 0 Å². The zero-order chi connectivity index (χ0) is 11.3. The molecule has 1 rings (SSSR count). The molecule has 2 nitrogen and oxygen atoms in total. The van der Waals surface area contributed by atoms with Gasteiger partial charge in [-0.05, 0) is 45.2 Å². The first-order chi connectivity index (χ1) is 7.11. The molecule has 0 radical (unpaired) electrons. The van der Waals surface area contributed by atoms with Gasteiger partial charge >= 0.3 is 0 Å². The summed E-state index contributed by atoms with van der Waals surface area (Å²) in [6, 6.07) is 1.15. The maximum atomic E-state index is 6.09. The molecule has 1 aliphatic rings. The molecule has 0 aromatic carbocycles. The summed E-state index contributed by atoms with van der Waals surface area (Å²) in [7, 11) is 0. The van der Waals surface area contributed by atoms with Crippen LogP contribution in [0.2, 0.25) is 0 Å². The Labute approximate surface area is 95.2 Å². The number of nitrogens with zero attached hydrogens (tertiary/aromatic N) is 1. The number of rotatable bonds is 4. The second-order valence-electron chi connectivity index (χ2n) is 5.43. The van der Waals surface area contributed by atoms with Crippen molar-refractivity contribution in [1.82, 2.24) is 4.90 Å². The first-order valence-corrected chi connectivity index (χ1v) is 6.61. The standard InChI is InChI=1S/C13H28N2/c1-11(2)13(14)8-10-15-9-6-4-5-7-12(15)3/h11-13H,4-10,14H2,1-3H3. The van der Waals surface area contributed by atoms with Gasteiger partial charge < -0.3 is 10.6 Å². The minimum atomic E-state index is 0.375. The Morgan fingerprint density at radius 1 is 1.27 bits per heavy atom. The van der Waals surface area contributed by atoms with Crippen LogP contribution in [0.15, 0.2) is 0 Å². The van der Waals surface area contributed by atoms with Crippen LogP contribution in [0.5, 0.6) is 0 Å². The van der Waals surface area contributed by atoms with Gasteiger partial charge in [-0.2, -0.15) is 0 Å². The van der Waals surface area contributed by atoms with E-state index < -0.39 is 0 Å². The third-order valence-electron chi connectivity index (χ3n) is 3.80. The van der Waals surface area contributed by atoms with E-state index in [0.717, 1.165) is 12.5 Å². The van der Waals surface area contributed by atoms with Gasteiger partial charge in [0.25, 0.3) is 0 Å². The number of hydrogen-bond acceptors (Lipinski definition) is 2. The zero-order valence-electron chi connectivity index (χ0n) is 10.7. The highest BCUT2D eigenvalue weighted by Gasteiger charge is 2.17. The van der Waals surface area contributed by atoms with Gasteiger partial charge in [0.15, 0.2) is 0 Å². The predicted octanol–water partition coefficient (Wildman–Crippen LogP) is 2.62. The Morgan fingerprint density at radius 3 is 2.67 bits per heavy atom. The second-order valence-corrected chi connectivity index (χ2v) is 5.43. The smallest absolute Gasteiger partial charge is 0.00740 e. The maximum Gasteiger partial charge on any atom is 0.00740 e. The van der Waals surface area contributed by atoms with Crippen molar-refractivity contribution in [3.63, 3.8) is 0 Å². The number of nitrogens with two attached hydrogens (primary N) is 1. The van der Waals surface area contributed by atoms with E-state index in [1.54, 1.807) is 0 Å². The van der Waals surface area contributed by atoms with Crippen LogP contribution in [-0.4, -0.2) is 30.1 Å². The van der Waals surface area contributed by atoms with Crippen LogP contribution in [0.3, 0.4) is 0 Å². The first kappa shape index (κ1) is 13.0. The van der Waals surface area contributed by atoms with Crippen LogP contribution < -0.4 is 5.73 Å². The van der Waals surface area contributed by atoms with Crippen molar-refractivity contribution in [3.8, 4) is 0 Å². The lowest BCUT2D eigenvalue weighted by molar-refractivity contribution is 0.201. The molecule has 2 atom stereocenters. The normalized spacial score (nSPS) is 26.6. The van der Waals surface area contributed by atoms with Gasteiger partial charge in [-0.1, -0.05) is 26.7 Å². The molecule has 1 aliphatic heterocycles. The highest BCUT2D eigenvalue weighted by molar-refractivity contribution is 4.74. The Balaban J connectivity index is 2.29. The van der Waals surface area contributed by atoms with E-state index in [4.69, 9.17) is 5.73 Å². The van der Waals surface area contributed by atoms with Crippen molar-refractivity contribution in [2.24, 2.45) is 11.7 Å². The average Bonchev–Trinajstić information content (AvgIpc) is 2.39. The summed E-state index contributed by atoms with van der Waals surface area (Å²) in [4.78, 5) is 2.63. The third-order valence-corrected chi connectivity index (χ3v) is 3.80. The molecule has 15 heavy (non-hydrogen) atoms. The van der Waals surface area contributed by atoms with E-state index in [0.29, 0.717) is 12.0 Å². The highest BCUT2D eigenvalue weighted by atomic mass is 15.1. The lowest BCUT2D eigenvalue weighted by Crippen LogP contribution is -2.37. The molecule has 0 bridgehead atoms. The van der Waals surface area contributed by atoms with Gasteiger partial charge in [0.1, 0.15) is 0 Å². The molecular weight excluding hydrogens is 184 g/mol. The van der Waals surface area contributed by atoms with Crippen molar-refractivity contribution in [2.75, 3.05) is 13.1 Å². The quantitative estimate of drug-likeness (QED) is 0.776. The van der Waals surface area contributed by atoms with Crippen molar-refractivity contribution >= 4 is 0 Å². The molecule has 0 aromatic rings. The van der Waals surface area contributed by atoms with E-state index in [1.807, 2.05) is 0 Å². The Morgan fingerprint density at radius 2 is 2.00 bits per heavy atom. The number of hydrogen-bond donors (Lipinski definition) is 1. The van der Waals surface area contributed by atoms with Gasteiger partial charge in [-0.3, -0.25) is 0 Å². The Bertz CT molecular complexity index is 168. The fourth-order valence-electron chi connectivity index (χ4n) is 2.31. The highest BCUT2D eigenvalue weighted by Crippen LogP contribution is 2.17. The summed E-state index contributed by atoms with van der Waals surface area (Å²) in [6.45, 7) is 9.28. The molecule has 0 spiro atoms. The molecule has 1 heterocycles. The summed E-state index contributed by atoms with van der Waals surface area (Å²) in [5, 5.41) is 0. The lowest BCUT2D eigenvalue weighted by atomic mass is 10.0. The molecule has 0 amide bonds. The molecule has 90 valence electrons. The fourth-order valence-corrected chi connectivity index (χ4v) is 2.31. The molecular formula is C13H28N2. The molecule has 1 saturated heterocycles. The molecule has 0 saturated carbocycles. The van der Waals surface area contributed by atoms with Crippen LogP contribution in [0.4, 0.5) is 0 Å².